The summed E-state index contributed by atoms with van der Waals surface area (Å²) in [5.74, 6) is 0.167. The van der Waals surface area contributed by atoms with Crippen molar-refractivity contribution < 1.29 is 4.79 Å². The molecule has 1 unspecified atom stereocenters. The van der Waals surface area contributed by atoms with Gasteiger partial charge in [-0.3, -0.25) is 4.79 Å². The van der Waals surface area contributed by atoms with Crippen molar-refractivity contribution in [2.45, 2.75) is 48.8 Å². The Bertz CT molecular complexity index is 634. The van der Waals surface area contributed by atoms with Crippen LogP contribution in [0, 0.1) is 0 Å². The van der Waals surface area contributed by atoms with Gasteiger partial charge in [-0.15, -0.1) is 11.8 Å². The van der Waals surface area contributed by atoms with E-state index in [1.165, 1.54) is 23.6 Å². The van der Waals surface area contributed by atoms with Crippen LogP contribution in [-0.2, 0) is 4.79 Å². The molecule has 0 aromatic heterocycles. The number of carbonyl (C=O) groups excluding carboxylic acids is 1. The van der Waals surface area contributed by atoms with E-state index in [2.05, 4.69) is 35.6 Å². The zero-order valence-electron chi connectivity index (χ0n) is 12.3. The number of nitrogens with one attached hydrogen (secondary N) is 1. The third kappa shape index (κ3) is 3.59. The van der Waals surface area contributed by atoms with Crippen LogP contribution < -0.4 is 5.32 Å². The third-order valence-electron chi connectivity index (χ3n) is 4.10. The molecule has 0 heterocycles. The van der Waals surface area contributed by atoms with Gasteiger partial charge < -0.3 is 5.32 Å². The molecule has 110 valence electrons. The monoisotopic (exact) mass is 299 g/mol. The topological polar surface area (TPSA) is 29.1 Å². The summed E-state index contributed by atoms with van der Waals surface area (Å²) in [5, 5.41) is 5.60. The van der Waals surface area contributed by atoms with Gasteiger partial charge in [0.1, 0.15) is 0 Å². The lowest BCUT2D eigenvalue weighted by atomic mass is 10.1. The fourth-order valence-corrected chi connectivity index (χ4v) is 3.81. The molecule has 0 aliphatic heterocycles. The Morgan fingerprint density at radius 2 is 1.86 bits per heavy atom. The van der Waals surface area contributed by atoms with Gasteiger partial charge in [-0.1, -0.05) is 43.2 Å². The normalized spacial score (nSPS) is 17.0. The molecule has 2 nitrogen and oxygen atoms in total. The van der Waals surface area contributed by atoms with E-state index < -0.39 is 0 Å². The second-order valence-electron chi connectivity index (χ2n) is 5.76. The summed E-state index contributed by atoms with van der Waals surface area (Å²) in [6.45, 7) is 1.99. The predicted octanol–water partition coefficient (Wildman–Crippen LogP) is 4.38. The van der Waals surface area contributed by atoms with E-state index in [0.717, 1.165) is 17.7 Å². The highest BCUT2D eigenvalue weighted by molar-refractivity contribution is 8.00. The summed E-state index contributed by atoms with van der Waals surface area (Å²) in [7, 11) is 0. The van der Waals surface area contributed by atoms with Crippen LogP contribution in [0.2, 0.25) is 0 Å². The molecule has 0 radical (unpaired) electrons. The summed E-state index contributed by atoms with van der Waals surface area (Å²) in [6.07, 6.45) is 4.77. The lowest BCUT2D eigenvalue weighted by Gasteiger charge is -2.16. The minimum Gasteiger partial charge on any atom is -0.352 e. The van der Waals surface area contributed by atoms with Crippen LogP contribution >= 0.6 is 11.8 Å². The standard InChI is InChI=1S/C18H21NOS/c1-13(18(20)19-16-8-4-5-9-16)21-17-11-10-14-6-2-3-7-15(14)12-17/h2-3,6-7,10-13,16H,4-5,8-9H2,1H3,(H,19,20). The predicted molar refractivity (Wildman–Crippen MR) is 89.7 cm³/mol. The van der Waals surface area contributed by atoms with Gasteiger partial charge in [0.2, 0.25) is 5.91 Å². The van der Waals surface area contributed by atoms with Crippen molar-refractivity contribution in [3.05, 3.63) is 42.5 Å². The van der Waals surface area contributed by atoms with Crippen molar-refractivity contribution in [1.82, 2.24) is 5.32 Å². The van der Waals surface area contributed by atoms with Crippen LogP contribution in [0.3, 0.4) is 0 Å². The molecule has 1 N–H and O–H groups in total. The van der Waals surface area contributed by atoms with Gasteiger partial charge in [0.15, 0.2) is 0 Å². The van der Waals surface area contributed by atoms with Crippen molar-refractivity contribution >= 4 is 28.4 Å². The molecular formula is C18H21NOS. The van der Waals surface area contributed by atoms with E-state index in [1.54, 1.807) is 11.8 Å². The lowest BCUT2D eigenvalue weighted by molar-refractivity contribution is -0.120. The van der Waals surface area contributed by atoms with E-state index in [9.17, 15) is 4.79 Å². The van der Waals surface area contributed by atoms with Crippen LogP contribution in [-0.4, -0.2) is 17.2 Å². The first-order chi connectivity index (χ1) is 10.2. The first kappa shape index (κ1) is 14.5. The van der Waals surface area contributed by atoms with Crippen LogP contribution in [0.25, 0.3) is 10.8 Å². The molecule has 1 aliphatic rings. The number of benzene rings is 2. The molecule has 0 saturated heterocycles. The highest BCUT2D eigenvalue weighted by Gasteiger charge is 2.21. The molecule has 2 aromatic rings. The Hall–Kier alpha value is -1.48. The second-order valence-corrected chi connectivity index (χ2v) is 7.17. The zero-order valence-corrected chi connectivity index (χ0v) is 13.2. The molecule has 1 atom stereocenters. The lowest BCUT2D eigenvalue weighted by Crippen LogP contribution is -2.37. The van der Waals surface area contributed by atoms with Gasteiger partial charge in [0.25, 0.3) is 0 Å². The quantitative estimate of drug-likeness (QED) is 0.849. The molecular weight excluding hydrogens is 278 g/mol. The average molecular weight is 299 g/mol. The Morgan fingerprint density at radius 1 is 1.14 bits per heavy atom. The van der Waals surface area contributed by atoms with E-state index in [4.69, 9.17) is 0 Å². The van der Waals surface area contributed by atoms with Gasteiger partial charge in [-0.05, 0) is 42.7 Å². The summed E-state index contributed by atoms with van der Waals surface area (Å²) in [6, 6.07) is 15.1. The number of rotatable bonds is 4. The maximum Gasteiger partial charge on any atom is 0.233 e. The van der Waals surface area contributed by atoms with Crippen molar-refractivity contribution in [2.24, 2.45) is 0 Å². The smallest absolute Gasteiger partial charge is 0.233 e. The van der Waals surface area contributed by atoms with Crippen molar-refractivity contribution in [3.8, 4) is 0 Å². The minimum absolute atomic E-state index is 0.0493. The average Bonchev–Trinajstić information content (AvgIpc) is 3.00. The van der Waals surface area contributed by atoms with Gasteiger partial charge in [-0.2, -0.15) is 0 Å². The molecule has 1 aliphatic carbocycles. The number of thioether (sulfide) groups is 1. The summed E-state index contributed by atoms with van der Waals surface area (Å²) in [4.78, 5) is 13.4. The molecule has 1 fully saturated rings. The minimum atomic E-state index is -0.0493. The number of amides is 1. The molecule has 0 bridgehead atoms. The van der Waals surface area contributed by atoms with E-state index >= 15 is 0 Å². The van der Waals surface area contributed by atoms with Gasteiger partial charge in [0, 0.05) is 10.9 Å². The number of hydrogen-bond donors (Lipinski definition) is 1. The molecule has 3 rings (SSSR count). The highest BCUT2D eigenvalue weighted by Crippen LogP contribution is 2.27. The van der Waals surface area contributed by atoms with E-state index in [0.29, 0.717) is 6.04 Å². The van der Waals surface area contributed by atoms with Crippen molar-refractivity contribution in [1.29, 1.82) is 0 Å². The zero-order chi connectivity index (χ0) is 14.7. The van der Waals surface area contributed by atoms with Crippen molar-refractivity contribution in [2.75, 3.05) is 0 Å². The highest BCUT2D eigenvalue weighted by atomic mass is 32.2. The second kappa shape index (κ2) is 6.52. The molecule has 1 amide bonds. The molecule has 0 spiro atoms. The van der Waals surface area contributed by atoms with Gasteiger partial charge in [-0.25, -0.2) is 0 Å². The fraction of sp³-hybridized carbons (Fsp3) is 0.389. The van der Waals surface area contributed by atoms with E-state index in [-0.39, 0.29) is 11.2 Å². The summed E-state index contributed by atoms with van der Waals surface area (Å²) < 4.78 is 0. The fourth-order valence-electron chi connectivity index (χ4n) is 2.89. The SMILES string of the molecule is CC(Sc1ccc2ccccc2c1)C(=O)NC1CCCC1. The van der Waals surface area contributed by atoms with Crippen LogP contribution in [0.1, 0.15) is 32.6 Å². The molecule has 3 heteroatoms. The summed E-state index contributed by atoms with van der Waals surface area (Å²) >= 11 is 1.64. The first-order valence-electron chi connectivity index (χ1n) is 7.68. The van der Waals surface area contributed by atoms with Crippen LogP contribution in [0.4, 0.5) is 0 Å². The van der Waals surface area contributed by atoms with Gasteiger partial charge >= 0.3 is 0 Å². The third-order valence-corrected chi connectivity index (χ3v) is 5.20. The van der Waals surface area contributed by atoms with Crippen LogP contribution in [0.15, 0.2) is 47.4 Å². The maximum absolute atomic E-state index is 12.2. The maximum atomic E-state index is 12.2. The Kier molecular flexibility index (Phi) is 4.49. The molecule has 1 saturated carbocycles. The Balaban J connectivity index is 1.64. The summed E-state index contributed by atoms with van der Waals surface area (Å²) in [5.41, 5.74) is 0. The number of carbonyl (C=O) groups is 1. The van der Waals surface area contributed by atoms with Crippen LogP contribution in [0.5, 0.6) is 0 Å². The Labute approximate surface area is 130 Å². The van der Waals surface area contributed by atoms with E-state index in [1.807, 2.05) is 19.1 Å². The number of fused-ring (bicyclic) bond motifs is 1. The molecule has 2 aromatic carbocycles. The molecule has 21 heavy (non-hydrogen) atoms. The first-order valence-corrected chi connectivity index (χ1v) is 8.56. The largest absolute Gasteiger partial charge is 0.352 e. The van der Waals surface area contributed by atoms with Gasteiger partial charge in [0.05, 0.1) is 5.25 Å². The Morgan fingerprint density at radius 3 is 2.62 bits per heavy atom. The van der Waals surface area contributed by atoms with Crippen molar-refractivity contribution in [3.63, 3.8) is 0 Å². The number of hydrogen-bond acceptors (Lipinski definition) is 2.